The highest BCUT2D eigenvalue weighted by Crippen LogP contribution is 2.24. The van der Waals surface area contributed by atoms with Gasteiger partial charge in [0.15, 0.2) is 0 Å². The van der Waals surface area contributed by atoms with Crippen molar-refractivity contribution in [2.75, 3.05) is 45.9 Å². The Morgan fingerprint density at radius 2 is 2.08 bits per heavy atom. The summed E-state index contributed by atoms with van der Waals surface area (Å²) in [6.45, 7) is 9.68. The quantitative estimate of drug-likeness (QED) is 0.812. The average Bonchev–Trinajstić information content (AvgIpc) is 3.11. The maximum Gasteiger partial charge on any atom is 0.222 e. The van der Waals surface area contributed by atoms with Gasteiger partial charge < -0.3 is 14.7 Å². The summed E-state index contributed by atoms with van der Waals surface area (Å²) >= 11 is 0. The van der Waals surface area contributed by atoms with E-state index < -0.39 is 5.60 Å². The van der Waals surface area contributed by atoms with Gasteiger partial charge in [-0.05, 0) is 32.8 Å². The Hall–Kier alpha value is -1.44. The molecule has 1 atom stereocenters. The number of hydrogen-bond donors (Lipinski definition) is 1. The summed E-state index contributed by atoms with van der Waals surface area (Å²) in [7, 11) is 0. The van der Waals surface area contributed by atoms with E-state index in [4.69, 9.17) is 4.74 Å². The molecule has 7 heteroatoms. The van der Waals surface area contributed by atoms with Crippen LogP contribution in [0.15, 0.2) is 6.07 Å². The van der Waals surface area contributed by atoms with E-state index in [-0.39, 0.29) is 5.91 Å². The van der Waals surface area contributed by atoms with Crippen LogP contribution in [0.4, 0.5) is 0 Å². The molecule has 0 saturated carbocycles. The molecule has 1 aromatic rings. The number of nitrogens with zero attached hydrogens (tertiary/aromatic N) is 4. The van der Waals surface area contributed by atoms with E-state index in [1.807, 2.05) is 29.5 Å². The number of hydrogen-bond acceptors (Lipinski definition) is 5. The van der Waals surface area contributed by atoms with Crippen molar-refractivity contribution in [3.63, 3.8) is 0 Å². The van der Waals surface area contributed by atoms with E-state index in [9.17, 15) is 9.90 Å². The molecular formula is C18H30N4O3. The Labute approximate surface area is 149 Å². The third-order valence-electron chi connectivity index (χ3n) is 5.17. The Bertz CT molecular complexity index is 597. The van der Waals surface area contributed by atoms with E-state index in [1.165, 1.54) is 0 Å². The summed E-state index contributed by atoms with van der Waals surface area (Å²) in [5.74, 6) is 0.138. The summed E-state index contributed by atoms with van der Waals surface area (Å²) in [4.78, 5) is 16.5. The van der Waals surface area contributed by atoms with Crippen LogP contribution in [0.3, 0.4) is 0 Å². The number of amides is 1. The van der Waals surface area contributed by atoms with Crippen molar-refractivity contribution in [2.24, 2.45) is 0 Å². The first-order valence-corrected chi connectivity index (χ1v) is 9.26. The van der Waals surface area contributed by atoms with Crippen molar-refractivity contribution in [3.05, 3.63) is 17.5 Å². The fraction of sp³-hybridized carbons (Fsp3) is 0.778. The molecule has 3 heterocycles. The van der Waals surface area contributed by atoms with Gasteiger partial charge in [-0.1, -0.05) is 0 Å². The van der Waals surface area contributed by atoms with Crippen molar-refractivity contribution in [1.82, 2.24) is 19.6 Å². The van der Waals surface area contributed by atoms with Crippen LogP contribution in [0.2, 0.25) is 0 Å². The fourth-order valence-electron chi connectivity index (χ4n) is 3.81. The number of rotatable bonds is 6. The maximum absolute atomic E-state index is 12.5. The lowest BCUT2D eigenvalue weighted by molar-refractivity contribution is -0.131. The van der Waals surface area contributed by atoms with Gasteiger partial charge in [0.1, 0.15) is 0 Å². The first kappa shape index (κ1) is 18.4. The molecule has 2 fully saturated rings. The molecule has 25 heavy (non-hydrogen) atoms. The smallest absolute Gasteiger partial charge is 0.222 e. The van der Waals surface area contributed by atoms with Crippen molar-refractivity contribution in [2.45, 2.75) is 45.3 Å². The molecule has 2 saturated heterocycles. The number of aromatic nitrogens is 2. The molecule has 1 N–H and O–H groups in total. The van der Waals surface area contributed by atoms with Gasteiger partial charge in [-0.3, -0.25) is 14.4 Å². The minimum atomic E-state index is -0.775. The zero-order valence-corrected chi connectivity index (χ0v) is 15.4. The highest BCUT2D eigenvalue weighted by atomic mass is 16.5. The molecule has 7 nitrogen and oxygen atoms in total. The number of ether oxygens (including phenoxy) is 1. The van der Waals surface area contributed by atoms with Gasteiger partial charge >= 0.3 is 0 Å². The lowest BCUT2D eigenvalue weighted by Gasteiger charge is -2.33. The molecule has 0 bridgehead atoms. The summed E-state index contributed by atoms with van der Waals surface area (Å²) in [6, 6.07) is 2.05. The van der Waals surface area contributed by atoms with Gasteiger partial charge in [-0.2, -0.15) is 5.10 Å². The van der Waals surface area contributed by atoms with Gasteiger partial charge in [0.25, 0.3) is 0 Å². The van der Waals surface area contributed by atoms with Crippen molar-refractivity contribution in [1.29, 1.82) is 0 Å². The first-order chi connectivity index (χ1) is 12.0. The van der Waals surface area contributed by atoms with E-state index in [0.29, 0.717) is 32.5 Å². The summed E-state index contributed by atoms with van der Waals surface area (Å²) < 4.78 is 7.31. The zero-order valence-electron chi connectivity index (χ0n) is 15.4. The molecule has 140 valence electrons. The van der Waals surface area contributed by atoms with E-state index in [1.54, 1.807) is 0 Å². The number of β-amino-alcohol motifs (C(OH)–C–C–N with tert-alkyl or cyclic N) is 1. The molecule has 2 aliphatic rings. The number of likely N-dealkylation sites (tertiary alicyclic amines) is 1. The summed E-state index contributed by atoms with van der Waals surface area (Å²) in [6.07, 6.45) is 1.94. The van der Waals surface area contributed by atoms with Crippen molar-refractivity contribution < 1.29 is 14.6 Å². The summed E-state index contributed by atoms with van der Waals surface area (Å²) in [5.41, 5.74) is 1.37. The van der Waals surface area contributed by atoms with Gasteiger partial charge in [0.05, 0.1) is 31.1 Å². The SMILES string of the molecule is Cc1cc(C)n(CCCC(=O)N2CC[C@@](O)(CN3CCOCC3)C2)n1. The van der Waals surface area contributed by atoms with E-state index >= 15 is 0 Å². The molecule has 0 unspecified atom stereocenters. The topological polar surface area (TPSA) is 70.8 Å². The molecular weight excluding hydrogens is 320 g/mol. The van der Waals surface area contributed by atoms with Gasteiger partial charge in [0.2, 0.25) is 5.91 Å². The number of aliphatic hydroxyl groups is 1. The highest BCUT2D eigenvalue weighted by Gasteiger charge is 2.39. The number of carbonyl (C=O) groups is 1. The lowest BCUT2D eigenvalue weighted by atomic mass is 10.0. The highest BCUT2D eigenvalue weighted by molar-refractivity contribution is 5.76. The number of morpholine rings is 1. The standard InChI is InChI=1S/C18H30N4O3/c1-15-12-16(2)22(19-15)6-3-4-17(23)21-7-5-18(24,14-21)13-20-8-10-25-11-9-20/h12,24H,3-11,13-14H2,1-2H3/t18-/m1/s1. The van der Waals surface area contributed by atoms with Crippen LogP contribution < -0.4 is 0 Å². The molecule has 0 aromatic carbocycles. The fourth-order valence-corrected chi connectivity index (χ4v) is 3.81. The maximum atomic E-state index is 12.5. The lowest BCUT2D eigenvalue weighted by Crippen LogP contribution is -2.49. The van der Waals surface area contributed by atoms with Crippen LogP contribution in [0.1, 0.15) is 30.7 Å². The predicted molar refractivity (Wildman–Crippen MR) is 94.3 cm³/mol. The molecule has 2 aliphatic heterocycles. The monoisotopic (exact) mass is 350 g/mol. The van der Waals surface area contributed by atoms with Crippen LogP contribution >= 0.6 is 0 Å². The molecule has 0 aliphatic carbocycles. The second kappa shape index (κ2) is 7.85. The average molecular weight is 350 g/mol. The van der Waals surface area contributed by atoms with Crippen molar-refractivity contribution in [3.8, 4) is 0 Å². The molecule has 0 radical (unpaired) electrons. The minimum Gasteiger partial charge on any atom is -0.387 e. The third kappa shape index (κ3) is 4.80. The Balaban J connectivity index is 1.43. The van der Waals surface area contributed by atoms with Crippen LogP contribution in [-0.2, 0) is 16.1 Å². The van der Waals surface area contributed by atoms with Crippen molar-refractivity contribution >= 4 is 5.91 Å². The predicted octanol–water partition coefficient (Wildman–Crippen LogP) is 0.576. The third-order valence-corrected chi connectivity index (χ3v) is 5.17. The molecule has 3 rings (SSSR count). The van der Waals surface area contributed by atoms with Crippen LogP contribution in [0.25, 0.3) is 0 Å². The molecule has 1 amide bonds. The second-order valence-corrected chi connectivity index (χ2v) is 7.43. The number of carbonyl (C=O) groups excluding carboxylic acids is 1. The second-order valence-electron chi connectivity index (χ2n) is 7.43. The zero-order chi connectivity index (χ0) is 17.9. The van der Waals surface area contributed by atoms with Gasteiger partial charge in [0, 0.05) is 44.8 Å². The minimum absolute atomic E-state index is 0.138. The van der Waals surface area contributed by atoms with E-state index in [0.717, 1.165) is 50.7 Å². The van der Waals surface area contributed by atoms with Crippen LogP contribution in [0, 0.1) is 13.8 Å². The Morgan fingerprint density at radius 3 is 2.76 bits per heavy atom. The van der Waals surface area contributed by atoms with Crippen LogP contribution in [0.5, 0.6) is 0 Å². The Morgan fingerprint density at radius 1 is 1.32 bits per heavy atom. The normalized spacial score (nSPS) is 24.8. The Kier molecular flexibility index (Phi) is 5.76. The largest absolute Gasteiger partial charge is 0.387 e. The molecule has 0 spiro atoms. The first-order valence-electron chi connectivity index (χ1n) is 9.26. The van der Waals surface area contributed by atoms with Gasteiger partial charge in [-0.15, -0.1) is 0 Å². The van der Waals surface area contributed by atoms with E-state index in [2.05, 4.69) is 10.00 Å². The van der Waals surface area contributed by atoms with Crippen LogP contribution in [-0.4, -0.2) is 82.1 Å². The van der Waals surface area contributed by atoms with Gasteiger partial charge in [-0.25, -0.2) is 0 Å². The molecule has 1 aromatic heterocycles. The summed E-state index contributed by atoms with van der Waals surface area (Å²) in [5, 5.41) is 15.2. The number of aryl methyl sites for hydroxylation is 3.